The number of ether oxygens (including phenoxy) is 1. The molecule has 0 spiro atoms. The average Bonchev–Trinajstić information content (AvgIpc) is 3.15. The van der Waals surface area contributed by atoms with Gasteiger partial charge in [0.05, 0.1) is 7.11 Å². The molecule has 2 N–H and O–H groups in total. The Labute approximate surface area is 108 Å². The van der Waals surface area contributed by atoms with E-state index in [1.54, 1.807) is 13.2 Å². The number of hydrogen-bond acceptors (Lipinski definition) is 3. The Hall–Kier alpha value is -1.13. The van der Waals surface area contributed by atoms with Gasteiger partial charge in [-0.25, -0.2) is 4.39 Å². The fraction of sp³-hybridized carbons (Fsp3) is 0.571. The van der Waals surface area contributed by atoms with Crippen LogP contribution < -0.4 is 10.5 Å². The van der Waals surface area contributed by atoms with E-state index in [0.717, 1.165) is 11.3 Å². The van der Waals surface area contributed by atoms with Crippen LogP contribution in [0.5, 0.6) is 5.75 Å². The summed E-state index contributed by atoms with van der Waals surface area (Å²) in [6.45, 7) is 1.32. The fourth-order valence-electron chi connectivity index (χ4n) is 2.47. The van der Waals surface area contributed by atoms with Gasteiger partial charge < -0.3 is 10.5 Å². The van der Waals surface area contributed by atoms with Crippen LogP contribution in [0.1, 0.15) is 18.4 Å². The van der Waals surface area contributed by atoms with E-state index < -0.39 is 0 Å². The Balaban J connectivity index is 2.09. The lowest BCUT2D eigenvalue weighted by Gasteiger charge is -2.27. The third-order valence-electron chi connectivity index (χ3n) is 3.64. The van der Waals surface area contributed by atoms with Crippen LogP contribution >= 0.6 is 0 Å². The molecule has 1 saturated carbocycles. The van der Waals surface area contributed by atoms with Crippen molar-refractivity contribution in [2.24, 2.45) is 11.7 Å². The summed E-state index contributed by atoms with van der Waals surface area (Å²) in [5.74, 6) is 1.21. The van der Waals surface area contributed by atoms with Gasteiger partial charge in [0.25, 0.3) is 0 Å². The molecule has 1 fully saturated rings. The lowest BCUT2D eigenvalue weighted by atomic mass is 10.1. The minimum Gasteiger partial charge on any atom is -0.496 e. The Kier molecular flexibility index (Phi) is 4.19. The maximum absolute atomic E-state index is 13.3. The maximum atomic E-state index is 13.3. The summed E-state index contributed by atoms with van der Waals surface area (Å²) in [5, 5.41) is 0. The number of hydrogen-bond donors (Lipinski definition) is 1. The smallest absolute Gasteiger partial charge is 0.123 e. The van der Waals surface area contributed by atoms with Crippen LogP contribution in [0, 0.1) is 11.7 Å². The molecule has 3 nitrogen and oxygen atoms in total. The first kappa shape index (κ1) is 13.3. The first-order valence-electron chi connectivity index (χ1n) is 6.38. The molecule has 0 amide bonds. The summed E-state index contributed by atoms with van der Waals surface area (Å²) in [6.07, 6.45) is 2.51. The Bertz CT molecular complexity index is 407. The molecule has 100 valence electrons. The minimum absolute atomic E-state index is 0.227. The lowest BCUT2D eigenvalue weighted by molar-refractivity contribution is 0.212. The van der Waals surface area contributed by atoms with Gasteiger partial charge in [-0.1, -0.05) is 0 Å². The van der Waals surface area contributed by atoms with Crippen molar-refractivity contribution in [1.82, 2.24) is 4.90 Å². The van der Waals surface area contributed by atoms with Gasteiger partial charge in [0, 0.05) is 24.7 Å². The van der Waals surface area contributed by atoms with E-state index in [1.165, 1.54) is 25.0 Å². The summed E-state index contributed by atoms with van der Waals surface area (Å²) in [5.41, 5.74) is 6.70. The fourth-order valence-corrected chi connectivity index (χ4v) is 2.47. The molecule has 0 radical (unpaired) electrons. The van der Waals surface area contributed by atoms with Gasteiger partial charge in [0.15, 0.2) is 0 Å². The van der Waals surface area contributed by atoms with E-state index in [0.29, 0.717) is 25.0 Å². The van der Waals surface area contributed by atoms with Crippen molar-refractivity contribution in [3.05, 3.63) is 29.6 Å². The second-order valence-electron chi connectivity index (χ2n) is 5.01. The number of halogens is 1. The second-order valence-corrected chi connectivity index (χ2v) is 5.01. The molecule has 2 rings (SSSR count). The van der Waals surface area contributed by atoms with E-state index in [-0.39, 0.29) is 5.82 Å². The summed E-state index contributed by atoms with van der Waals surface area (Å²) >= 11 is 0. The molecule has 1 aromatic carbocycles. The molecule has 0 aliphatic heterocycles. The molecule has 1 aliphatic rings. The molecule has 0 saturated heterocycles. The predicted molar refractivity (Wildman–Crippen MR) is 70.0 cm³/mol. The first-order chi connectivity index (χ1) is 8.65. The zero-order valence-electron chi connectivity index (χ0n) is 11.0. The standard InChI is InChI=1S/C14H21FN2O/c1-17(13(8-16)10-3-4-10)9-11-7-12(15)5-6-14(11)18-2/h5-7,10,13H,3-4,8-9,16H2,1-2H3. The van der Waals surface area contributed by atoms with Crippen LogP contribution in [0.15, 0.2) is 18.2 Å². The summed E-state index contributed by atoms with van der Waals surface area (Å²) in [6, 6.07) is 5.02. The largest absolute Gasteiger partial charge is 0.496 e. The van der Waals surface area contributed by atoms with Crippen LogP contribution in [0.2, 0.25) is 0 Å². The Morgan fingerprint density at radius 1 is 1.50 bits per heavy atom. The zero-order chi connectivity index (χ0) is 13.1. The van der Waals surface area contributed by atoms with E-state index in [2.05, 4.69) is 4.90 Å². The van der Waals surface area contributed by atoms with Crippen molar-refractivity contribution in [2.75, 3.05) is 20.7 Å². The summed E-state index contributed by atoms with van der Waals surface area (Å²) < 4.78 is 18.6. The van der Waals surface area contributed by atoms with Gasteiger partial charge in [-0.05, 0) is 44.0 Å². The van der Waals surface area contributed by atoms with Gasteiger partial charge in [-0.15, -0.1) is 0 Å². The molecule has 0 bridgehead atoms. The van der Waals surface area contributed by atoms with Crippen molar-refractivity contribution in [3.8, 4) is 5.75 Å². The predicted octanol–water partition coefficient (Wildman–Crippen LogP) is 2.00. The number of rotatable bonds is 6. The monoisotopic (exact) mass is 252 g/mol. The van der Waals surface area contributed by atoms with Crippen molar-refractivity contribution in [1.29, 1.82) is 0 Å². The van der Waals surface area contributed by atoms with E-state index in [1.807, 2.05) is 7.05 Å². The third kappa shape index (κ3) is 3.00. The van der Waals surface area contributed by atoms with Crippen LogP contribution in [0.4, 0.5) is 4.39 Å². The van der Waals surface area contributed by atoms with E-state index >= 15 is 0 Å². The molecular weight excluding hydrogens is 231 g/mol. The average molecular weight is 252 g/mol. The molecule has 4 heteroatoms. The van der Waals surface area contributed by atoms with Crippen molar-refractivity contribution < 1.29 is 9.13 Å². The normalized spacial score (nSPS) is 16.9. The Morgan fingerprint density at radius 3 is 2.78 bits per heavy atom. The first-order valence-corrected chi connectivity index (χ1v) is 6.38. The number of nitrogens with two attached hydrogens (primary N) is 1. The lowest BCUT2D eigenvalue weighted by Crippen LogP contribution is -2.39. The van der Waals surface area contributed by atoms with Crippen molar-refractivity contribution in [2.45, 2.75) is 25.4 Å². The molecule has 1 atom stereocenters. The third-order valence-corrected chi connectivity index (χ3v) is 3.64. The van der Waals surface area contributed by atoms with Crippen molar-refractivity contribution in [3.63, 3.8) is 0 Å². The van der Waals surface area contributed by atoms with E-state index in [4.69, 9.17) is 10.5 Å². The minimum atomic E-state index is -0.227. The van der Waals surface area contributed by atoms with Crippen LogP contribution in [0.3, 0.4) is 0 Å². The molecular formula is C14H21FN2O. The SMILES string of the molecule is COc1ccc(F)cc1CN(C)C(CN)C1CC1. The summed E-state index contributed by atoms with van der Waals surface area (Å²) in [4.78, 5) is 2.20. The molecule has 1 unspecified atom stereocenters. The summed E-state index contributed by atoms with van der Waals surface area (Å²) in [7, 11) is 3.65. The quantitative estimate of drug-likeness (QED) is 0.841. The number of nitrogens with zero attached hydrogens (tertiary/aromatic N) is 1. The van der Waals surface area contributed by atoms with Gasteiger partial charge in [0.1, 0.15) is 11.6 Å². The van der Waals surface area contributed by atoms with Gasteiger partial charge >= 0.3 is 0 Å². The zero-order valence-corrected chi connectivity index (χ0v) is 11.0. The van der Waals surface area contributed by atoms with Gasteiger partial charge in [0.2, 0.25) is 0 Å². The van der Waals surface area contributed by atoms with Gasteiger partial charge in [-0.3, -0.25) is 4.90 Å². The highest BCUT2D eigenvalue weighted by Crippen LogP contribution is 2.35. The van der Waals surface area contributed by atoms with Gasteiger partial charge in [-0.2, -0.15) is 0 Å². The Morgan fingerprint density at radius 2 is 2.22 bits per heavy atom. The van der Waals surface area contributed by atoms with Crippen LogP contribution in [0.25, 0.3) is 0 Å². The highest BCUT2D eigenvalue weighted by Gasteiger charge is 2.32. The highest BCUT2D eigenvalue weighted by atomic mass is 19.1. The van der Waals surface area contributed by atoms with Crippen molar-refractivity contribution >= 4 is 0 Å². The second kappa shape index (κ2) is 5.67. The molecule has 1 aliphatic carbocycles. The van der Waals surface area contributed by atoms with Crippen LogP contribution in [-0.2, 0) is 6.54 Å². The van der Waals surface area contributed by atoms with E-state index in [9.17, 15) is 4.39 Å². The highest BCUT2D eigenvalue weighted by molar-refractivity contribution is 5.33. The number of likely N-dealkylation sites (N-methyl/N-ethyl adjacent to an activating group) is 1. The van der Waals surface area contributed by atoms with Crippen LogP contribution in [-0.4, -0.2) is 31.6 Å². The molecule has 0 heterocycles. The molecule has 1 aromatic rings. The number of benzene rings is 1. The molecule has 0 aromatic heterocycles. The number of methoxy groups -OCH3 is 1. The maximum Gasteiger partial charge on any atom is 0.123 e. The molecule has 18 heavy (non-hydrogen) atoms. The topological polar surface area (TPSA) is 38.5 Å².